The number of nitrogens with zero attached hydrogens (tertiary/aromatic N) is 1. The van der Waals surface area contributed by atoms with Gasteiger partial charge in [-0.2, -0.15) is 0 Å². The molecule has 2 aliphatic rings. The Morgan fingerprint density at radius 2 is 2.05 bits per heavy atom. The summed E-state index contributed by atoms with van der Waals surface area (Å²) in [6, 6.07) is 0.382. The third-order valence-corrected chi connectivity index (χ3v) is 4.88. The SMILES string of the molecule is COCC(C)NC(=O)NC(=O)CN1C(C)CC2CCCCC21. The molecule has 126 valence electrons. The summed E-state index contributed by atoms with van der Waals surface area (Å²) in [4.78, 5) is 26.2. The van der Waals surface area contributed by atoms with Crippen LogP contribution in [0, 0.1) is 5.92 Å². The maximum atomic E-state index is 12.1. The molecule has 0 aromatic rings. The van der Waals surface area contributed by atoms with Crippen molar-refractivity contribution in [1.82, 2.24) is 15.5 Å². The number of nitrogens with one attached hydrogen (secondary N) is 2. The van der Waals surface area contributed by atoms with Gasteiger partial charge in [-0.25, -0.2) is 4.79 Å². The van der Waals surface area contributed by atoms with Gasteiger partial charge < -0.3 is 10.1 Å². The Balaban J connectivity index is 1.80. The van der Waals surface area contributed by atoms with Crippen molar-refractivity contribution >= 4 is 11.9 Å². The highest BCUT2D eigenvalue weighted by molar-refractivity contribution is 5.95. The van der Waals surface area contributed by atoms with Gasteiger partial charge in [-0.15, -0.1) is 0 Å². The van der Waals surface area contributed by atoms with E-state index in [4.69, 9.17) is 4.74 Å². The number of likely N-dealkylation sites (tertiary alicyclic amines) is 1. The van der Waals surface area contributed by atoms with Crippen LogP contribution in [0.5, 0.6) is 0 Å². The van der Waals surface area contributed by atoms with Gasteiger partial charge in [-0.05, 0) is 39.0 Å². The number of fused-ring (bicyclic) bond motifs is 1. The van der Waals surface area contributed by atoms with E-state index in [-0.39, 0.29) is 11.9 Å². The standard InChI is InChI=1S/C16H29N3O3/c1-11(10-22-3)17-16(21)18-15(20)9-19-12(2)8-13-6-4-5-7-14(13)19/h11-14H,4-10H2,1-3H3,(H2,17,18,20,21). The lowest BCUT2D eigenvalue weighted by Gasteiger charge is -2.32. The first-order valence-corrected chi connectivity index (χ1v) is 8.36. The highest BCUT2D eigenvalue weighted by Crippen LogP contribution is 2.39. The fraction of sp³-hybridized carbons (Fsp3) is 0.875. The smallest absolute Gasteiger partial charge is 0.321 e. The largest absolute Gasteiger partial charge is 0.383 e. The molecule has 0 radical (unpaired) electrons. The van der Waals surface area contributed by atoms with Gasteiger partial charge >= 0.3 is 6.03 Å². The van der Waals surface area contributed by atoms with Crippen molar-refractivity contribution in [3.63, 3.8) is 0 Å². The van der Waals surface area contributed by atoms with E-state index >= 15 is 0 Å². The van der Waals surface area contributed by atoms with E-state index in [0.29, 0.717) is 25.2 Å². The van der Waals surface area contributed by atoms with Crippen LogP contribution >= 0.6 is 0 Å². The van der Waals surface area contributed by atoms with Crippen molar-refractivity contribution in [3.8, 4) is 0 Å². The second kappa shape index (κ2) is 7.92. The molecule has 1 aliphatic carbocycles. The highest BCUT2D eigenvalue weighted by Gasteiger charge is 2.40. The van der Waals surface area contributed by atoms with Crippen LogP contribution in [0.4, 0.5) is 4.79 Å². The molecule has 6 nitrogen and oxygen atoms in total. The molecule has 0 spiro atoms. The Morgan fingerprint density at radius 3 is 2.77 bits per heavy atom. The van der Waals surface area contributed by atoms with Crippen LogP contribution in [-0.2, 0) is 9.53 Å². The van der Waals surface area contributed by atoms with Crippen LogP contribution in [0.3, 0.4) is 0 Å². The number of hydrogen-bond acceptors (Lipinski definition) is 4. The summed E-state index contributed by atoms with van der Waals surface area (Å²) in [5.74, 6) is 0.507. The predicted octanol–water partition coefficient (Wildman–Crippen LogP) is 1.50. The Hall–Kier alpha value is -1.14. The molecule has 0 bridgehead atoms. The lowest BCUT2D eigenvalue weighted by atomic mass is 9.85. The predicted molar refractivity (Wildman–Crippen MR) is 84.5 cm³/mol. The molecule has 1 heterocycles. The molecule has 22 heavy (non-hydrogen) atoms. The maximum Gasteiger partial charge on any atom is 0.321 e. The van der Waals surface area contributed by atoms with Crippen molar-refractivity contribution in [2.24, 2.45) is 5.92 Å². The number of ether oxygens (including phenoxy) is 1. The van der Waals surface area contributed by atoms with Gasteiger partial charge in [0.05, 0.1) is 19.2 Å². The molecule has 1 saturated carbocycles. The number of carbonyl (C=O) groups is 2. The first-order chi connectivity index (χ1) is 10.5. The van der Waals surface area contributed by atoms with Crippen LogP contribution in [0.25, 0.3) is 0 Å². The van der Waals surface area contributed by atoms with E-state index < -0.39 is 6.03 Å². The molecule has 4 atom stereocenters. The first-order valence-electron chi connectivity index (χ1n) is 8.36. The molecule has 0 aromatic heterocycles. The van der Waals surface area contributed by atoms with Crippen molar-refractivity contribution in [1.29, 1.82) is 0 Å². The summed E-state index contributed by atoms with van der Waals surface area (Å²) in [6.07, 6.45) is 6.20. The Bertz CT molecular complexity index is 402. The Morgan fingerprint density at radius 1 is 1.32 bits per heavy atom. The number of urea groups is 1. The van der Waals surface area contributed by atoms with Gasteiger partial charge in [0.1, 0.15) is 0 Å². The zero-order valence-corrected chi connectivity index (χ0v) is 13.9. The van der Waals surface area contributed by atoms with E-state index in [1.165, 1.54) is 32.1 Å². The minimum atomic E-state index is -0.443. The van der Waals surface area contributed by atoms with Gasteiger partial charge in [0.2, 0.25) is 5.91 Å². The lowest BCUT2D eigenvalue weighted by molar-refractivity contribution is -0.122. The minimum absolute atomic E-state index is 0.119. The molecule has 6 heteroatoms. The summed E-state index contributed by atoms with van der Waals surface area (Å²) in [7, 11) is 1.58. The lowest BCUT2D eigenvalue weighted by Crippen LogP contribution is -2.50. The Labute approximate surface area is 132 Å². The third kappa shape index (κ3) is 4.43. The number of imide groups is 1. The number of methoxy groups -OCH3 is 1. The summed E-state index contributed by atoms with van der Waals surface area (Å²) in [5.41, 5.74) is 0. The van der Waals surface area contributed by atoms with E-state index in [0.717, 1.165) is 5.92 Å². The van der Waals surface area contributed by atoms with Crippen LogP contribution in [-0.4, -0.2) is 55.2 Å². The molecule has 1 aliphatic heterocycles. The van der Waals surface area contributed by atoms with Crippen molar-refractivity contribution in [2.45, 2.75) is 64.1 Å². The molecule has 2 fully saturated rings. The molecule has 3 amide bonds. The van der Waals surface area contributed by atoms with Crippen LogP contribution < -0.4 is 10.6 Å². The average molecular weight is 311 g/mol. The first kappa shape index (κ1) is 17.2. The van der Waals surface area contributed by atoms with E-state index in [1.54, 1.807) is 7.11 Å². The van der Waals surface area contributed by atoms with Crippen molar-refractivity contribution < 1.29 is 14.3 Å². The van der Waals surface area contributed by atoms with E-state index in [2.05, 4.69) is 22.5 Å². The summed E-state index contributed by atoms with van der Waals surface area (Å²) < 4.78 is 4.95. The maximum absolute atomic E-state index is 12.1. The summed E-state index contributed by atoms with van der Waals surface area (Å²) >= 11 is 0. The van der Waals surface area contributed by atoms with E-state index in [9.17, 15) is 9.59 Å². The number of amides is 3. The molecular formula is C16H29N3O3. The number of carbonyl (C=O) groups excluding carboxylic acids is 2. The van der Waals surface area contributed by atoms with Crippen LogP contribution in [0.15, 0.2) is 0 Å². The van der Waals surface area contributed by atoms with Gasteiger partial charge in [-0.1, -0.05) is 12.8 Å². The van der Waals surface area contributed by atoms with Crippen molar-refractivity contribution in [2.75, 3.05) is 20.3 Å². The molecule has 1 saturated heterocycles. The molecule has 2 N–H and O–H groups in total. The van der Waals surface area contributed by atoms with Gasteiger partial charge in [0.15, 0.2) is 0 Å². The molecule has 2 rings (SSSR count). The average Bonchev–Trinajstić information content (AvgIpc) is 2.75. The topological polar surface area (TPSA) is 70.7 Å². The fourth-order valence-corrected chi connectivity index (χ4v) is 3.96. The zero-order chi connectivity index (χ0) is 16.1. The van der Waals surface area contributed by atoms with E-state index in [1.807, 2.05) is 6.92 Å². The number of rotatable bonds is 5. The highest BCUT2D eigenvalue weighted by atomic mass is 16.5. The molecular weight excluding hydrogens is 282 g/mol. The quantitative estimate of drug-likeness (QED) is 0.807. The molecule has 0 aromatic carbocycles. The van der Waals surface area contributed by atoms with Gasteiger partial charge in [0, 0.05) is 19.2 Å². The van der Waals surface area contributed by atoms with Crippen molar-refractivity contribution in [3.05, 3.63) is 0 Å². The molecule has 4 unspecified atom stereocenters. The zero-order valence-electron chi connectivity index (χ0n) is 13.9. The normalized spacial score (nSPS) is 29.7. The van der Waals surface area contributed by atoms with Gasteiger partial charge in [-0.3, -0.25) is 15.0 Å². The monoisotopic (exact) mass is 311 g/mol. The second-order valence-corrected chi connectivity index (χ2v) is 6.75. The fourth-order valence-electron chi connectivity index (χ4n) is 3.96. The summed E-state index contributed by atoms with van der Waals surface area (Å²) in [5, 5.41) is 5.12. The Kier molecular flexibility index (Phi) is 6.20. The second-order valence-electron chi connectivity index (χ2n) is 6.75. The summed E-state index contributed by atoms with van der Waals surface area (Å²) in [6.45, 7) is 4.76. The minimum Gasteiger partial charge on any atom is -0.383 e. The van der Waals surface area contributed by atoms with Gasteiger partial charge in [0.25, 0.3) is 0 Å². The van der Waals surface area contributed by atoms with Crippen LogP contribution in [0.1, 0.15) is 46.0 Å². The third-order valence-electron chi connectivity index (χ3n) is 4.88. The van der Waals surface area contributed by atoms with Crippen LogP contribution in [0.2, 0.25) is 0 Å². The number of hydrogen-bond donors (Lipinski definition) is 2.